The van der Waals surface area contributed by atoms with Gasteiger partial charge in [-0.05, 0) is 57.7 Å². The summed E-state index contributed by atoms with van der Waals surface area (Å²) in [5, 5.41) is 0. The first kappa shape index (κ1) is 14.5. The highest BCUT2D eigenvalue weighted by molar-refractivity contribution is 9.10. The fourth-order valence-electron chi connectivity index (χ4n) is 2.86. The van der Waals surface area contributed by atoms with Crippen molar-refractivity contribution in [1.29, 1.82) is 0 Å². The number of hydrogen-bond donors (Lipinski definition) is 1. The maximum Gasteiger partial charge on any atom is 0.137 e. The molecule has 1 heterocycles. The van der Waals surface area contributed by atoms with Crippen molar-refractivity contribution >= 4 is 21.6 Å². The first-order chi connectivity index (χ1) is 10.1. The lowest BCUT2D eigenvalue weighted by Crippen LogP contribution is -2.32. The minimum Gasteiger partial charge on any atom is -0.363 e. The molecule has 1 unspecified atom stereocenters. The second-order valence-electron chi connectivity index (χ2n) is 5.14. The van der Waals surface area contributed by atoms with Gasteiger partial charge < -0.3 is 10.6 Å². The van der Waals surface area contributed by atoms with Crippen LogP contribution in [0.1, 0.15) is 17.2 Å². The van der Waals surface area contributed by atoms with Gasteiger partial charge in [-0.15, -0.1) is 0 Å². The van der Waals surface area contributed by atoms with Gasteiger partial charge in [0, 0.05) is 18.8 Å². The van der Waals surface area contributed by atoms with Crippen LogP contribution in [0.3, 0.4) is 0 Å². The SMILES string of the molecule is NCC(c1ccc(F)c(Br)c1)N1CCc2ccc(F)cc21. The van der Waals surface area contributed by atoms with E-state index in [1.54, 1.807) is 18.2 Å². The minimum absolute atomic E-state index is 0.0926. The molecule has 1 atom stereocenters. The molecule has 0 radical (unpaired) electrons. The Kier molecular flexibility index (Phi) is 3.95. The van der Waals surface area contributed by atoms with E-state index in [1.165, 1.54) is 12.1 Å². The van der Waals surface area contributed by atoms with E-state index in [9.17, 15) is 8.78 Å². The van der Waals surface area contributed by atoms with Gasteiger partial charge in [-0.2, -0.15) is 0 Å². The van der Waals surface area contributed by atoms with E-state index in [1.807, 2.05) is 6.07 Å². The van der Waals surface area contributed by atoms with Crippen LogP contribution in [0.4, 0.5) is 14.5 Å². The van der Waals surface area contributed by atoms with Crippen LogP contribution in [0.2, 0.25) is 0 Å². The summed E-state index contributed by atoms with van der Waals surface area (Å²) in [6, 6.07) is 9.64. The summed E-state index contributed by atoms with van der Waals surface area (Å²) in [6.45, 7) is 1.17. The monoisotopic (exact) mass is 352 g/mol. The predicted molar refractivity (Wildman–Crippen MR) is 83.3 cm³/mol. The summed E-state index contributed by atoms with van der Waals surface area (Å²) in [5.41, 5.74) is 8.84. The van der Waals surface area contributed by atoms with E-state index >= 15 is 0 Å². The van der Waals surface area contributed by atoms with Crippen LogP contribution in [-0.4, -0.2) is 13.1 Å². The quantitative estimate of drug-likeness (QED) is 0.910. The van der Waals surface area contributed by atoms with Gasteiger partial charge in [0.1, 0.15) is 11.6 Å². The van der Waals surface area contributed by atoms with E-state index in [0.717, 1.165) is 29.8 Å². The van der Waals surface area contributed by atoms with Crippen LogP contribution in [0, 0.1) is 11.6 Å². The van der Waals surface area contributed by atoms with Crippen molar-refractivity contribution in [2.24, 2.45) is 5.73 Å². The van der Waals surface area contributed by atoms with Gasteiger partial charge in [-0.1, -0.05) is 12.1 Å². The fourth-order valence-corrected chi connectivity index (χ4v) is 3.26. The Morgan fingerprint density at radius 3 is 2.71 bits per heavy atom. The molecule has 2 nitrogen and oxygen atoms in total. The zero-order valence-corrected chi connectivity index (χ0v) is 12.9. The van der Waals surface area contributed by atoms with Crippen molar-refractivity contribution in [2.75, 3.05) is 18.0 Å². The minimum atomic E-state index is -0.303. The van der Waals surface area contributed by atoms with Gasteiger partial charge in [0.25, 0.3) is 0 Å². The third-order valence-electron chi connectivity index (χ3n) is 3.91. The van der Waals surface area contributed by atoms with Crippen molar-refractivity contribution in [2.45, 2.75) is 12.5 Å². The Hall–Kier alpha value is -1.46. The number of nitrogens with zero attached hydrogens (tertiary/aromatic N) is 1. The summed E-state index contributed by atoms with van der Waals surface area (Å²) in [5.74, 6) is -0.556. The van der Waals surface area contributed by atoms with Gasteiger partial charge in [0.05, 0.1) is 10.5 Å². The maximum atomic E-state index is 13.5. The molecule has 1 aliphatic heterocycles. The van der Waals surface area contributed by atoms with Crippen LogP contribution in [0.15, 0.2) is 40.9 Å². The van der Waals surface area contributed by atoms with Crippen molar-refractivity contribution in [3.05, 3.63) is 63.6 Å². The fraction of sp³-hybridized carbons (Fsp3) is 0.250. The van der Waals surface area contributed by atoms with Crippen LogP contribution in [0.5, 0.6) is 0 Å². The van der Waals surface area contributed by atoms with Crippen molar-refractivity contribution in [3.8, 4) is 0 Å². The summed E-state index contributed by atoms with van der Waals surface area (Å²) in [7, 11) is 0. The lowest BCUT2D eigenvalue weighted by Gasteiger charge is -2.30. The highest BCUT2D eigenvalue weighted by Crippen LogP contribution is 2.36. The molecule has 110 valence electrons. The molecule has 0 spiro atoms. The number of fused-ring (bicyclic) bond motifs is 1. The molecule has 0 saturated heterocycles. The smallest absolute Gasteiger partial charge is 0.137 e. The molecular formula is C16H15BrF2N2. The third kappa shape index (κ3) is 2.68. The molecular weight excluding hydrogens is 338 g/mol. The number of benzene rings is 2. The Balaban J connectivity index is 1.98. The van der Waals surface area contributed by atoms with Gasteiger partial charge in [0.2, 0.25) is 0 Å². The first-order valence-corrected chi connectivity index (χ1v) is 7.59. The number of nitrogens with two attached hydrogens (primary N) is 1. The second kappa shape index (κ2) is 5.73. The molecule has 2 N–H and O–H groups in total. The predicted octanol–water partition coefficient (Wildman–Crippen LogP) is 3.79. The Bertz CT molecular complexity index is 675. The highest BCUT2D eigenvalue weighted by Gasteiger charge is 2.27. The van der Waals surface area contributed by atoms with Gasteiger partial charge in [0.15, 0.2) is 0 Å². The van der Waals surface area contributed by atoms with Gasteiger partial charge in [-0.25, -0.2) is 8.78 Å². The maximum absolute atomic E-state index is 13.5. The molecule has 1 aliphatic rings. The number of halogens is 3. The molecule has 0 saturated carbocycles. The molecule has 0 aromatic heterocycles. The standard InChI is InChI=1S/C16H15BrF2N2/c17-13-7-11(2-4-14(13)19)16(9-20)21-6-5-10-1-3-12(18)8-15(10)21/h1-4,7-8,16H,5-6,9,20H2. The molecule has 0 bridgehead atoms. The average Bonchev–Trinajstić information content (AvgIpc) is 2.87. The van der Waals surface area contributed by atoms with Crippen LogP contribution < -0.4 is 10.6 Å². The summed E-state index contributed by atoms with van der Waals surface area (Å²) < 4.78 is 27.3. The largest absolute Gasteiger partial charge is 0.363 e. The van der Waals surface area contributed by atoms with Crippen molar-refractivity contribution in [1.82, 2.24) is 0 Å². The first-order valence-electron chi connectivity index (χ1n) is 6.80. The third-order valence-corrected chi connectivity index (χ3v) is 4.51. The lowest BCUT2D eigenvalue weighted by molar-refractivity contribution is 0.610. The molecule has 5 heteroatoms. The molecule has 3 rings (SSSR count). The number of rotatable bonds is 3. The number of hydrogen-bond acceptors (Lipinski definition) is 2. The molecule has 0 amide bonds. The summed E-state index contributed by atoms with van der Waals surface area (Å²) in [6.07, 6.45) is 0.870. The van der Waals surface area contributed by atoms with Gasteiger partial charge >= 0.3 is 0 Å². The highest BCUT2D eigenvalue weighted by atomic mass is 79.9. The summed E-state index contributed by atoms with van der Waals surface area (Å²) in [4.78, 5) is 2.10. The average molecular weight is 353 g/mol. The van der Waals surface area contributed by atoms with Crippen molar-refractivity contribution < 1.29 is 8.78 Å². The Labute approximate surface area is 130 Å². The van der Waals surface area contributed by atoms with E-state index in [-0.39, 0.29) is 17.7 Å². The molecule has 21 heavy (non-hydrogen) atoms. The van der Waals surface area contributed by atoms with E-state index < -0.39 is 0 Å². The second-order valence-corrected chi connectivity index (χ2v) is 6.00. The molecule has 0 aliphatic carbocycles. The topological polar surface area (TPSA) is 29.3 Å². The van der Waals surface area contributed by atoms with Crippen LogP contribution >= 0.6 is 15.9 Å². The zero-order valence-electron chi connectivity index (χ0n) is 11.3. The normalized spacial score (nSPS) is 15.1. The Morgan fingerprint density at radius 2 is 2.00 bits per heavy atom. The van der Waals surface area contributed by atoms with E-state index in [0.29, 0.717) is 11.0 Å². The van der Waals surface area contributed by atoms with E-state index in [2.05, 4.69) is 20.8 Å². The van der Waals surface area contributed by atoms with Gasteiger partial charge in [-0.3, -0.25) is 0 Å². The molecule has 2 aromatic carbocycles. The zero-order chi connectivity index (χ0) is 15.0. The molecule has 2 aromatic rings. The van der Waals surface area contributed by atoms with Crippen molar-refractivity contribution in [3.63, 3.8) is 0 Å². The van der Waals surface area contributed by atoms with Crippen LogP contribution in [0.25, 0.3) is 0 Å². The summed E-state index contributed by atoms with van der Waals surface area (Å²) >= 11 is 3.20. The number of anilines is 1. The lowest BCUT2D eigenvalue weighted by atomic mass is 10.0. The Morgan fingerprint density at radius 1 is 1.19 bits per heavy atom. The molecule has 0 fully saturated rings. The van der Waals surface area contributed by atoms with Crippen LogP contribution in [-0.2, 0) is 6.42 Å². The van der Waals surface area contributed by atoms with E-state index in [4.69, 9.17) is 5.73 Å².